The lowest BCUT2D eigenvalue weighted by atomic mass is 10.1. The molecule has 1 heterocycles. The molecule has 1 atom stereocenters. The molecule has 0 radical (unpaired) electrons. The van der Waals surface area contributed by atoms with Crippen LogP contribution in [-0.4, -0.2) is 4.98 Å². The van der Waals surface area contributed by atoms with Crippen LogP contribution in [0, 0.1) is 0 Å². The second-order valence-corrected chi connectivity index (χ2v) is 5.38. The average molecular weight is 304 g/mol. The van der Waals surface area contributed by atoms with Gasteiger partial charge in [0.2, 0.25) is 0 Å². The van der Waals surface area contributed by atoms with Gasteiger partial charge in [0, 0.05) is 5.69 Å². The molecule has 0 aliphatic heterocycles. The van der Waals surface area contributed by atoms with Gasteiger partial charge in [0.25, 0.3) is 0 Å². The molecule has 4 heteroatoms. The molecule has 1 aliphatic carbocycles. The number of aryl methyl sites for hydroxylation is 1. The Kier molecular flexibility index (Phi) is 2.96. The van der Waals surface area contributed by atoms with Crippen molar-refractivity contribution in [1.82, 2.24) is 4.98 Å². The molecule has 1 aromatic heterocycles. The van der Waals surface area contributed by atoms with Crippen molar-refractivity contribution in [1.29, 1.82) is 0 Å². The van der Waals surface area contributed by atoms with E-state index in [2.05, 4.69) is 38.4 Å². The molecule has 1 aromatic carbocycles. The summed E-state index contributed by atoms with van der Waals surface area (Å²) in [5, 5.41) is 3.52. The Morgan fingerprint density at radius 3 is 2.94 bits per heavy atom. The van der Waals surface area contributed by atoms with Gasteiger partial charge < -0.3 is 11.1 Å². The zero-order chi connectivity index (χ0) is 12.5. The van der Waals surface area contributed by atoms with Gasteiger partial charge in [-0.2, -0.15) is 0 Å². The predicted molar refractivity (Wildman–Crippen MR) is 77.5 cm³/mol. The molecule has 0 spiro atoms. The number of pyridine rings is 1. The topological polar surface area (TPSA) is 50.9 Å². The second-order valence-electron chi connectivity index (χ2n) is 4.56. The number of aromatic nitrogens is 1. The molecule has 3 nitrogen and oxygen atoms in total. The third-order valence-corrected chi connectivity index (χ3v) is 3.78. The smallest absolute Gasteiger partial charge is 0.106 e. The van der Waals surface area contributed by atoms with Gasteiger partial charge in [-0.25, -0.2) is 4.98 Å². The minimum atomic E-state index is 0.364. The lowest BCUT2D eigenvalue weighted by Crippen LogP contribution is -2.07. The minimum absolute atomic E-state index is 0.364. The maximum Gasteiger partial charge on any atom is 0.106 e. The Balaban J connectivity index is 1.82. The van der Waals surface area contributed by atoms with Gasteiger partial charge in [-0.15, -0.1) is 0 Å². The van der Waals surface area contributed by atoms with E-state index in [1.54, 1.807) is 0 Å². The summed E-state index contributed by atoms with van der Waals surface area (Å²) in [6, 6.07) is 10.5. The normalized spacial score (nSPS) is 17.5. The first-order valence-electron chi connectivity index (χ1n) is 5.99. The van der Waals surface area contributed by atoms with Crippen molar-refractivity contribution >= 4 is 27.3 Å². The molecule has 3 rings (SSSR count). The lowest BCUT2D eigenvalue weighted by molar-refractivity contribution is 0.761. The molecule has 18 heavy (non-hydrogen) atoms. The van der Waals surface area contributed by atoms with E-state index in [-0.39, 0.29) is 0 Å². The molecule has 1 aliphatic rings. The number of hydrogen-bond acceptors (Lipinski definition) is 3. The van der Waals surface area contributed by atoms with Gasteiger partial charge in [-0.1, -0.05) is 6.07 Å². The van der Waals surface area contributed by atoms with Crippen LogP contribution in [0.4, 0.5) is 11.4 Å². The summed E-state index contributed by atoms with van der Waals surface area (Å²) in [6.07, 6.45) is 4.04. The molecular weight excluding hydrogens is 290 g/mol. The largest absolute Gasteiger partial charge is 0.399 e. The predicted octanol–water partition coefficient (Wildman–Crippen LogP) is 3.53. The van der Waals surface area contributed by atoms with Crippen molar-refractivity contribution in [3.05, 3.63) is 52.3 Å². The fraction of sp³-hybridized carbons (Fsp3) is 0.214. The second kappa shape index (κ2) is 4.61. The summed E-state index contributed by atoms with van der Waals surface area (Å²) >= 11 is 3.34. The first-order chi connectivity index (χ1) is 8.72. The van der Waals surface area contributed by atoms with Crippen LogP contribution in [0.5, 0.6) is 0 Å². The molecule has 92 valence electrons. The van der Waals surface area contributed by atoms with Crippen molar-refractivity contribution in [2.75, 3.05) is 11.1 Å². The van der Waals surface area contributed by atoms with Crippen LogP contribution in [0.3, 0.4) is 0 Å². The molecule has 1 unspecified atom stereocenters. The fourth-order valence-corrected chi connectivity index (χ4v) is 2.68. The summed E-state index contributed by atoms with van der Waals surface area (Å²) in [6.45, 7) is 0. The summed E-state index contributed by atoms with van der Waals surface area (Å²) in [5.41, 5.74) is 10.4. The van der Waals surface area contributed by atoms with E-state index in [4.69, 9.17) is 5.73 Å². The Labute approximate surface area is 115 Å². The van der Waals surface area contributed by atoms with E-state index >= 15 is 0 Å². The highest BCUT2D eigenvalue weighted by Crippen LogP contribution is 2.34. The zero-order valence-electron chi connectivity index (χ0n) is 9.86. The van der Waals surface area contributed by atoms with Crippen LogP contribution in [0.25, 0.3) is 0 Å². The van der Waals surface area contributed by atoms with E-state index in [1.807, 2.05) is 24.4 Å². The molecule has 3 N–H and O–H groups in total. The van der Waals surface area contributed by atoms with E-state index in [1.165, 1.54) is 11.1 Å². The van der Waals surface area contributed by atoms with Crippen molar-refractivity contribution in [3.8, 4) is 0 Å². The Morgan fingerprint density at radius 2 is 2.17 bits per heavy atom. The van der Waals surface area contributed by atoms with Gasteiger partial charge in [0.05, 0.1) is 17.9 Å². The van der Waals surface area contributed by atoms with Crippen molar-refractivity contribution in [3.63, 3.8) is 0 Å². The van der Waals surface area contributed by atoms with E-state index in [9.17, 15) is 0 Å². The number of nitrogens with two attached hydrogens (primary N) is 1. The number of rotatable bonds is 2. The Hall–Kier alpha value is -1.55. The zero-order valence-corrected chi connectivity index (χ0v) is 11.4. The van der Waals surface area contributed by atoms with Crippen LogP contribution in [0.2, 0.25) is 0 Å². The van der Waals surface area contributed by atoms with Crippen LogP contribution >= 0.6 is 15.9 Å². The molecule has 0 bridgehead atoms. The van der Waals surface area contributed by atoms with E-state index in [0.29, 0.717) is 6.04 Å². The quantitative estimate of drug-likeness (QED) is 0.659. The SMILES string of the molecule is Nc1ccc2c(c1)CCC2Nc1ccc(Br)nc1. The van der Waals surface area contributed by atoms with Gasteiger partial charge >= 0.3 is 0 Å². The Bertz CT molecular complexity index is 566. The first-order valence-corrected chi connectivity index (χ1v) is 6.78. The number of anilines is 2. The third-order valence-electron chi connectivity index (χ3n) is 3.31. The minimum Gasteiger partial charge on any atom is -0.399 e. The standard InChI is InChI=1S/C14H14BrN3/c15-14-6-3-11(8-17-14)18-13-5-1-9-7-10(16)2-4-12(9)13/h2-4,6-8,13,18H,1,5,16H2. The number of hydrogen-bond donors (Lipinski definition) is 2. The van der Waals surface area contributed by atoms with Crippen LogP contribution in [0.15, 0.2) is 41.1 Å². The molecule has 0 fully saturated rings. The van der Waals surface area contributed by atoms with Gasteiger partial charge in [0.1, 0.15) is 4.60 Å². The van der Waals surface area contributed by atoms with Crippen LogP contribution in [-0.2, 0) is 6.42 Å². The van der Waals surface area contributed by atoms with E-state index in [0.717, 1.165) is 28.8 Å². The number of fused-ring (bicyclic) bond motifs is 1. The average Bonchev–Trinajstić information content (AvgIpc) is 2.74. The fourth-order valence-electron chi connectivity index (χ4n) is 2.45. The third kappa shape index (κ3) is 2.20. The molecular formula is C14H14BrN3. The summed E-state index contributed by atoms with van der Waals surface area (Å²) in [7, 11) is 0. The van der Waals surface area contributed by atoms with Gasteiger partial charge in [-0.3, -0.25) is 0 Å². The maximum absolute atomic E-state index is 5.81. The highest BCUT2D eigenvalue weighted by atomic mass is 79.9. The number of nitrogen functional groups attached to an aromatic ring is 1. The molecule has 0 saturated heterocycles. The monoisotopic (exact) mass is 303 g/mol. The van der Waals surface area contributed by atoms with Gasteiger partial charge in [0.15, 0.2) is 0 Å². The summed E-state index contributed by atoms with van der Waals surface area (Å²) < 4.78 is 0.854. The van der Waals surface area contributed by atoms with Gasteiger partial charge in [-0.05, 0) is 64.2 Å². The summed E-state index contributed by atoms with van der Waals surface area (Å²) in [4.78, 5) is 4.23. The van der Waals surface area contributed by atoms with Crippen molar-refractivity contribution in [2.45, 2.75) is 18.9 Å². The number of nitrogens with zero attached hydrogens (tertiary/aromatic N) is 1. The van der Waals surface area contributed by atoms with Crippen LogP contribution in [0.1, 0.15) is 23.6 Å². The Morgan fingerprint density at radius 1 is 1.28 bits per heavy atom. The van der Waals surface area contributed by atoms with Crippen molar-refractivity contribution < 1.29 is 0 Å². The number of halogens is 1. The maximum atomic E-state index is 5.81. The first kappa shape index (κ1) is 11.5. The highest BCUT2D eigenvalue weighted by molar-refractivity contribution is 9.10. The number of benzene rings is 1. The molecule has 2 aromatic rings. The van der Waals surface area contributed by atoms with Crippen LogP contribution < -0.4 is 11.1 Å². The number of nitrogens with one attached hydrogen (secondary N) is 1. The van der Waals surface area contributed by atoms with Crippen molar-refractivity contribution in [2.24, 2.45) is 0 Å². The summed E-state index contributed by atoms with van der Waals surface area (Å²) in [5.74, 6) is 0. The van der Waals surface area contributed by atoms with E-state index < -0.39 is 0 Å². The molecule has 0 saturated carbocycles. The highest BCUT2D eigenvalue weighted by Gasteiger charge is 2.22. The lowest BCUT2D eigenvalue weighted by Gasteiger charge is -2.15. The molecule has 0 amide bonds.